The Balaban J connectivity index is 1.54. The van der Waals surface area contributed by atoms with Crippen LogP contribution in [0.1, 0.15) is 44.7 Å². The summed E-state index contributed by atoms with van der Waals surface area (Å²) < 4.78 is 7.27. The molecular weight excluding hydrogens is 434 g/mol. The average Bonchev–Trinajstić information content (AvgIpc) is 3.26. The summed E-state index contributed by atoms with van der Waals surface area (Å²) in [5.41, 5.74) is 5.58. The number of nitrogens with one attached hydrogen (secondary N) is 1. The highest BCUT2D eigenvalue weighted by Crippen LogP contribution is 2.41. The molecule has 1 N–H and O–H groups in total. The maximum Gasteiger partial charge on any atom is 0.239 e. The molecule has 3 heterocycles. The van der Waals surface area contributed by atoms with Crippen molar-refractivity contribution in [3.8, 4) is 17.1 Å². The Morgan fingerprint density at radius 2 is 1.73 bits per heavy atom. The summed E-state index contributed by atoms with van der Waals surface area (Å²) in [5.74, 6) is 1.68. The predicted octanol–water partition coefficient (Wildman–Crippen LogP) is 4.50. The highest BCUT2D eigenvalue weighted by molar-refractivity contribution is 8.00. The van der Waals surface area contributed by atoms with Gasteiger partial charge in [0.1, 0.15) is 11.0 Å². The third-order valence-corrected chi connectivity index (χ3v) is 7.84. The maximum absolute atomic E-state index is 14.0. The van der Waals surface area contributed by atoms with Crippen LogP contribution in [0.15, 0.2) is 59.8 Å². The molecule has 3 aromatic rings. The third-order valence-electron chi connectivity index (χ3n) is 6.63. The second-order valence-corrected chi connectivity index (χ2v) is 9.91. The molecule has 0 unspecified atom stereocenters. The molecule has 0 radical (unpaired) electrons. The smallest absolute Gasteiger partial charge is 0.239 e. The zero-order valence-electron chi connectivity index (χ0n) is 19.1. The zero-order valence-corrected chi connectivity index (χ0v) is 20.0. The van der Waals surface area contributed by atoms with Crippen molar-refractivity contribution >= 4 is 17.7 Å². The van der Waals surface area contributed by atoms with E-state index in [2.05, 4.69) is 34.4 Å². The van der Waals surface area contributed by atoms with E-state index < -0.39 is 0 Å². The minimum atomic E-state index is -0.346. The molecule has 8 heteroatoms. The number of fused-ring (bicyclic) bond motifs is 1. The van der Waals surface area contributed by atoms with Crippen molar-refractivity contribution in [2.45, 2.75) is 61.6 Å². The number of thioether (sulfide) groups is 1. The molecule has 5 rings (SSSR count). The molecular formula is C25H29N5O2S. The zero-order chi connectivity index (χ0) is 22.9. The molecule has 0 aliphatic carbocycles. The second-order valence-electron chi connectivity index (χ2n) is 8.80. The Kier molecular flexibility index (Phi) is 6.01. The Bertz CT molecular complexity index is 1110. The maximum atomic E-state index is 14.0. The molecule has 0 spiro atoms. The summed E-state index contributed by atoms with van der Waals surface area (Å²) in [7, 11) is 1.66. The van der Waals surface area contributed by atoms with E-state index >= 15 is 0 Å². The van der Waals surface area contributed by atoms with E-state index in [-0.39, 0.29) is 29.3 Å². The number of rotatable bonds is 4. The summed E-state index contributed by atoms with van der Waals surface area (Å²) in [6.07, 6.45) is 3.25. The summed E-state index contributed by atoms with van der Waals surface area (Å²) in [6, 6.07) is 18.1. The van der Waals surface area contributed by atoms with Gasteiger partial charge in [-0.25, -0.2) is 4.68 Å². The fourth-order valence-corrected chi connectivity index (χ4v) is 6.02. The number of amides is 1. The number of hydrogen-bond acceptors (Lipinski definition) is 6. The molecule has 1 amide bonds. The number of methoxy groups -OCH3 is 1. The van der Waals surface area contributed by atoms with Crippen LogP contribution in [0.5, 0.6) is 5.75 Å². The monoisotopic (exact) mass is 463 g/mol. The molecule has 2 aromatic carbocycles. The lowest BCUT2D eigenvalue weighted by Crippen LogP contribution is -2.53. The van der Waals surface area contributed by atoms with Crippen molar-refractivity contribution in [1.82, 2.24) is 19.8 Å². The lowest BCUT2D eigenvalue weighted by Gasteiger charge is -2.43. The van der Waals surface area contributed by atoms with Gasteiger partial charge in [-0.15, -0.1) is 10.2 Å². The number of nitrogens with zero attached hydrogens (tertiary/aromatic N) is 4. The van der Waals surface area contributed by atoms with Crippen LogP contribution in [-0.2, 0) is 4.79 Å². The van der Waals surface area contributed by atoms with Gasteiger partial charge in [0.25, 0.3) is 0 Å². The van der Waals surface area contributed by atoms with Gasteiger partial charge in [-0.05, 0) is 50.8 Å². The van der Waals surface area contributed by atoms with Gasteiger partial charge < -0.3 is 15.1 Å². The molecule has 2 aliphatic rings. The van der Waals surface area contributed by atoms with Gasteiger partial charge in [-0.1, -0.05) is 54.2 Å². The number of aromatic nitrogens is 3. The first-order valence-corrected chi connectivity index (χ1v) is 12.3. The molecule has 2 aliphatic heterocycles. The lowest BCUT2D eigenvalue weighted by atomic mass is 9.95. The van der Waals surface area contributed by atoms with Crippen molar-refractivity contribution in [3.05, 3.63) is 60.2 Å². The largest absolute Gasteiger partial charge is 0.497 e. The first-order chi connectivity index (χ1) is 16.1. The second kappa shape index (κ2) is 9.09. The number of hydrogen-bond donors (Lipinski definition) is 1. The van der Waals surface area contributed by atoms with Gasteiger partial charge in [-0.3, -0.25) is 4.79 Å². The van der Waals surface area contributed by atoms with Crippen molar-refractivity contribution in [2.75, 3.05) is 12.5 Å². The number of benzene rings is 2. The number of likely N-dealkylation sites (tertiary alicyclic amines) is 1. The van der Waals surface area contributed by atoms with Crippen LogP contribution in [0, 0.1) is 0 Å². The first kappa shape index (κ1) is 21.8. The quantitative estimate of drug-likeness (QED) is 0.614. The normalized spacial score (nSPS) is 24.6. The van der Waals surface area contributed by atoms with Crippen molar-refractivity contribution in [1.29, 1.82) is 0 Å². The van der Waals surface area contributed by atoms with Gasteiger partial charge >= 0.3 is 0 Å². The van der Waals surface area contributed by atoms with E-state index in [4.69, 9.17) is 4.74 Å². The predicted molar refractivity (Wildman–Crippen MR) is 130 cm³/mol. The number of piperidine rings is 1. The number of carbonyl (C=O) groups is 1. The van der Waals surface area contributed by atoms with E-state index in [1.54, 1.807) is 7.11 Å². The molecule has 1 saturated heterocycles. The first-order valence-electron chi connectivity index (χ1n) is 11.5. The molecule has 7 nitrogen and oxygen atoms in total. The molecule has 0 bridgehead atoms. The molecule has 1 fully saturated rings. The van der Waals surface area contributed by atoms with Crippen LogP contribution in [0.4, 0.5) is 0 Å². The van der Waals surface area contributed by atoms with E-state index in [1.165, 1.54) is 18.2 Å². The van der Waals surface area contributed by atoms with Gasteiger partial charge in [0.2, 0.25) is 11.1 Å². The summed E-state index contributed by atoms with van der Waals surface area (Å²) >= 11 is 1.50. The van der Waals surface area contributed by atoms with Crippen molar-refractivity contribution in [3.63, 3.8) is 0 Å². The number of carbonyl (C=O) groups excluding carboxylic acids is 1. The van der Waals surface area contributed by atoms with Crippen molar-refractivity contribution < 1.29 is 9.53 Å². The van der Waals surface area contributed by atoms with Crippen LogP contribution in [-0.4, -0.2) is 50.1 Å². The minimum absolute atomic E-state index is 0.156. The van der Waals surface area contributed by atoms with Crippen molar-refractivity contribution in [2.24, 2.45) is 0 Å². The Labute approximate surface area is 198 Å². The van der Waals surface area contributed by atoms with Crippen LogP contribution in [0.2, 0.25) is 0 Å². The fourth-order valence-electron chi connectivity index (χ4n) is 4.88. The average molecular weight is 464 g/mol. The van der Waals surface area contributed by atoms with E-state index in [9.17, 15) is 4.79 Å². The SMILES string of the molecule is COc1ccc([C@@H]2Nn3c(nnc3-c3ccccc3)S[C@@H]2C(=O)N2[C@@H](C)CCC[C@@H]2C)cc1. The molecule has 0 saturated carbocycles. The number of ether oxygens (including phenoxy) is 1. The summed E-state index contributed by atoms with van der Waals surface area (Å²) in [6.45, 7) is 4.32. The Morgan fingerprint density at radius 1 is 1.03 bits per heavy atom. The van der Waals surface area contributed by atoms with E-state index in [0.717, 1.165) is 35.5 Å². The Morgan fingerprint density at radius 3 is 2.39 bits per heavy atom. The highest BCUT2D eigenvalue weighted by Gasteiger charge is 2.42. The van der Waals surface area contributed by atoms with Crippen LogP contribution >= 0.6 is 11.8 Å². The minimum Gasteiger partial charge on any atom is -0.497 e. The van der Waals surface area contributed by atoms with Crippen LogP contribution in [0.3, 0.4) is 0 Å². The molecule has 4 atom stereocenters. The van der Waals surface area contributed by atoms with Gasteiger partial charge in [-0.2, -0.15) is 0 Å². The van der Waals surface area contributed by atoms with Crippen LogP contribution < -0.4 is 10.2 Å². The van der Waals surface area contributed by atoms with E-state index in [1.807, 2.05) is 59.3 Å². The van der Waals surface area contributed by atoms with Gasteiger partial charge in [0, 0.05) is 17.6 Å². The summed E-state index contributed by atoms with van der Waals surface area (Å²) in [5, 5.41) is 9.23. The molecule has 172 valence electrons. The third kappa shape index (κ3) is 4.08. The Hall–Kier alpha value is -3.00. The topological polar surface area (TPSA) is 72.3 Å². The molecule has 1 aromatic heterocycles. The van der Waals surface area contributed by atoms with Gasteiger partial charge in [0.15, 0.2) is 5.82 Å². The van der Waals surface area contributed by atoms with Crippen LogP contribution in [0.25, 0.3) is 11.4 Å². The molecule has 33 heavy (non-hydrogen) atoms. The lowest BCUT2D eigenvalue weighted by molar-refractivity contribution is -0.137. The summed E-state index contributed by atoms with van der Waals surface area (Å²) in [4.78, 5) is 16.0. The van der Waals surface area contributed by atoms with E-state index in [0.29, 0.717) is 5.16 Å². The standard InChI is InChI=1S/C25H29N5O2S/c1-16-8-7-9-17(2)29(16)24(31)22-21(18-12-14-20(32-3)15-13-18)28-30-23(26-27-25(30)33-22)19-10-5-4-6-11-19/h4-6,10-17,21-22,28H,7-9H2,1-3H3/t16-,17-,21-,22-/m0/s1. The van der Waals surface area contributed by atoms with Gasteiger partial charge in [0.05, 0.1) is 13.2 Å². The fraction of sp³-hybridized carbons (Fsp3) is 0.400. The highest BCUT2D eigenvalue weighted by atomic mass is 32.2.